The van der Waals surface area contributed by atoms with E-state index in [4.69, 9.17) is 0 Å². The van der Waals surface area contributed by atoms with E-state index < -0.39 is 0 Å². The molecule has 0 saturated heterocycles. The van der Waals surface area contributed by atoms with Gasteiger partial charge in [-0.1, -0.05) is 70.4 Å². The van der Waals surface area contributed by atoms with E-state index in [1.165, 1.54) is 5.56 Å². The van der Waals surface area contributed by atoms with Crippen LogP contribution in [0, 0.1) is 5.41 Å². The molecule has 0 amide bonds. The summed E-state index contributed by atoms with van der Waals surface area (Å²) in [5.41, 5.74) is 1.96. The number of nitrogens with zero attached hydrogens (tertiary/aromatic N) is 2. The van der Waals surface area contributed by atoms with Crippen molar-refractivity contribution in [2.45, 2.75) is 84.7 Å². The summed E-state index contributed by atoms with van der Waals surface area (Å²) >= 11 is 0. The molecule has 0 saturated carbocycles. The Balaban J connectivity index is 1.92. The quantitative estimate of drug-likeness (QED) is 0.542. The highest BCUT2D eigenvalue weighted by molar-refractivity contribution is 6.01. The maximum atomic E-state index is 13.3. The van der Waals surface area contributed by atoms with Gasteiger partial charge < -0.3 is 5.32 Å². The van der Waals surface area contributed by atoms with Crippen LogP contribution in [0.5, 0.6) is 0 Å². The molecule has 0 fully saturated rings. The van der Waals surface area contributed by atoms with E-state index in [1.54, 1.807) is 6.20 Å². The number of ketones is 1. The summed E-state index contributed by atoms with van der Waals surface area (Å²) in [5, 5.41) is 8.25. The first-order valence-electron chi connectivity index (χ1n) is 10.8. The van der Waals surface area contributed by atoms with Gasteiger partial charge in [-0.3, -0.25) is 4.79 Å². The van der Waals surface area contributed by atoms with Crippen LogP contribution in [0.2, 0.25) is 0 Å². The normalized spacial score (nSPS) is 18.4. The number of aromatic nitrogens is 2. The molecule has 28 heavy (non-hydrogen) atoms. The molecule has 2 heterocycles. The van der Waals surface area contributed by atoms with Crippen LogP contribution in [0.15, 0.2) is 36.5 Å². The third kappa shape index (κ3) is 3.87. The summed E-state index contributed by atoms with van der Waals surface area (Å²) in [4.78, 5) is 13.3. The summed E-state index contributed by atoms with van der Waals surface area (Å²) in [6.45, 7) is 11.0. The third-order valence-electron chi connectivity index (χ3n) is 6.68. The molecule has 152 valence electrons. The van der Waals surface area contributed by atoms with Crippen LogP contribution in [0.25, 0.3) is 0 Å². The Labute approximate surface area is 169 Å². The number of fused-ring (bicyclic) bond motifs is 1. The lowest BCUT2D eigenvalue weighted by Crippen LogP contribution is -2.38. The van der Waals surface area contributed by atoms with Crippen molar-refractivity contribution in [2.24, 2.45) is 5.41 Å². The monoisotopic (exact) mass is 381 g/mol. The van der Waals surface area contributed by atoms with Crippen LogP contribution in [0.1, 0.15) is 95.1 Å². The van der Waals surface area contributed by atoms with E-state index in [-0.39, 0.29) is 22.8 Å². The third-order valence-corrected chi connectivity index (χ3v) is 6.68. The minimum atomic E-state index is -0.143. The molecule has 0 radical (unpaired) electrons. The molecule has 0 aliphatic carbocycles. The molecule has 1 aromatic heterocycles. The first kappa shape index (κ1) is 20.6. The molecule has 1 N–H and O–H groups in total. The van der Waals surface area contributed by atoms with Crippen LogP contribution in [-0.4, -0.2) is 15.6 Å². The van der Waals surface area contributed by atoms with E-state index in [2.05, 4.69) is 69.3 Å². The predicted molar refractivity (Wildman–Crippen MR) is 116 cm³/mol. The smallest absolute Gasteiger partial charge is 0.168 e. The van der Waals surface area contributed by atoms with Gasteiger partial charge in [0, 0.05) is 6.42 Å². The molecule has 1 aliphatic heterocycles. The number of rotatable bonds is 8. The molecule has 2 aromatic rings. The Morgan fingerprint density at radius 1 is 1.21 bits per heavy atom. The summed E-state index contributed by atoms with van der Waals surface area (Å²) < 4.78 is 2.01. The fourth-order valence-corrected chi connectivity index (χ4v) is 4.75. The van der Waals surface area contributed by atoms with Gasteiger partial charge in [0.2, 0.25) is 0 Å². The molecule has 3 rings (SSSR count). The molecule has 4 heteroatoms. The summed E-state index contributed by atoms with van der Waals surface area (Å²) in [6, 6.07) is 10.7. The number of benzene rings is 1. The standard InChI is InChI=1S/C24H35N3O/c1-6-14-24(7-2,8-3)16-21(28)19-17-25-27-22(19)26-20(15-23(27,4)5)18-12-10-9-11-13-18/h9-13,17,20,26H,6-8,14-16H2,1-5H3/t20-/m1/s1. The Morgan fingerprint density at radius 3 is 2.50 bits per heavy atom. The zero-order valence-corrected chi connectivity index (χ0v) is 18.1. The van der Waals surface area contributed by atoms with Crippen molar-refractivity contribution in [2.75, 3.05) is 5.32 Å². The number of hydrogen-bond donors (Lipinski definition) is 1. The molecule has 0 bridgehead atoms. The molecular formula is C24H35N3O. The van der Waals surface area contributed by atoms with Crippen LogP contribution >= 0.6 is 0 Å². The fraction of sp³-hybridized carbons (Fsp3) is 0.583. The molecule has 1 atom stereocenters. The second kappa shape index (κ2) is 8.10. The Morgan fingerprint density at radius 2 is 1.89 bits per heavy atom. The van der Waals surface area contributed by atoms with Crippen LogP contribution in [0.4, 0.5) is 5.82 Å². The maximum Gasteiger partial charge on any atom is 0.168 e. The van der Waals surface area contributed by atoms with Crippen LogP contribution in [-0.2, 0) is 5.54 Å². The van der Waals surface area contributed by atoms with E-state index in [1.807, 2.05) is 10.7 Å². The van der Waals surface area contributed by atoms with E-state index in [0.717, 1.165) is 43.5 Å². The van der Waals surface area contributed by atoms with Crippen molar-refractivity contribution < 1.29 is 4.79 Å². The van der Waals surface area contributed by atoms with Gasteiger partial charge in [0.05, 0.1) is 23.3 Å². The van der Waals surface area contributed by atoms with Gasteiger partial charge in [0.1, 0.15) is 5.82 Å². The molecule has 4 nitrogen and oxygen atoms in total. The van der Waals surface area contributed by atoms with E-state index >= 15 is 0 Å². The molecular weight excluding hydrogens is 346 g/mol. The van der Waals surface area contributed by atoms with Crippen molar-refractivity contribution in [1.29, 1.82) is 0 Å². The molecule has 1 aliphatic rings. The van der Waals surface area contributed by atoms with Gasteiger partial charge in [-0.25, -0.2) is 4.68 Å². The van der Waals surface area contributed by atoms with Gasteiger partial charge in [-0.15, -0.1) is 0 Å². The highest BCUT2D eigenvalue weighted by Crippen LogP contribution is 2.42. The van der Waals surface area contributed by atoms with Crippen LogP contribution in [0.3, 0.4) is 0 Å². The minimum absolute atomic E-state index is 0.101. The van der Waals surface area contributed by atoms with Crippen molar-refractivity contribution in [3.05, 3.63) is 47.7 Å². The zero-order chi connectivity index (χ0) is 20.4. The van der Waals surface area contributed by atoms with E-state index in [9.17, 15) is 4.79 Å². The highest BCUT2D eigenvalue weighted by atomic mass is 16.1. The summed E-state index contributed by atoms with van der Waals surface area (Å²) in [6.07, 6.45) is 7.61. The lowest BCUT2D eigenvalue weighted by atomic mass is 9.74. The van der Waals surface area contributed by atoms with Crippen molar-refractivity contribution in [1.82, 2.24) is 9.78 Å². The molecule has 0 spiro atoms. The maximum absolute atomic E-state index is 13.3. The number of carbonyl (C=O) groups is 1. The van der Waals surface area contributed by atoms with Crippen molar-refractivity contribution in [3.63, 3.8) is 0 Å². The van der Waals surface area contributed by atoms with Crippen molar-refractivity contribution in [3.8, 4) is 0 Å². The van der Waals surface area contributed by atoms with Crippen molar-refractivity contribution >= 4 is 11.6 Å². The van der Waals surface area contributed by atoms with E-state index in [0.29, 0.717) is 6.42 Å². The van der Waals surface area contributed by atoms with Gasteiger partial charge in [-0.2, -0.15) is 5.10 Å². The Bertz CT molecular complexity index is 803. The first-order valence-corrected chi connectivity index (χ1v) is 10.8. The van der Waals surface area contributed by atoms with Crippen LogP contribution < -0.4 is 5.32 Å². The van der Waals surface area contributed by atoms with Gasteiger partial charge >= 0.3 is 0 Å². The zero-order valence-electron chi connectivity index (χ0n) is 18.1. The number of hydrogen-bond acceptors (Lipinski definition) is 3. The van der Waals surface area contributed by atoms with Gasteiger partial charge in [0.15, 0.2) is 5.78 Å². The average Bonchev–Trinajstić information content (AvgIpc) is 3.13. The molecule has 1 aromatic carbocycles. The molecule has 0 unspecified atom stereocenters. The SMILES string of the molecule is CCCC(CC)(CC)CC(=O)c1cnn2c1N[C@@H](c1ccccc1)CC2(C)C. The number of nitrogens with one attached hydrogen (secondary N) is 1. The van der Waals surface area contributed by atoms with Gasteiger partial charge in [0.25, 0.3) is 0 Å². The van der Waals surface area contributed by atoms with Gasteiger partial charge in [-0.05, 0) is 37.7 Å². The number of carbonyl (C=O) groups excluding carboxylic acids is 1. The Hall–Kier alpha value is -2.10. The topological polar surface area (TPSA) is 46.9 Å². The second-order valence-corrected chi connectivity index (χ2v) is 9.00. The fourth-order valence-electron chi connectivity index (χ4n) is 4.75. The Kier molecular flexibility index (Phi) is 5.97. The second-order valence-electron chi connectivity index (χ2n) is 9.00. The lowest BCUT2D eigenvalue weighted by molar-refractivity contribution is 0.0886. The first-order chi connectivity index (χ1) is 13.4. The summed E-state index contributed by atoms with van der Waals surface area (Å²) in [7, 11) is 0. The number of anilines is 1. The highest BCUT2D eigenvalue weighted by Gasteiger charge is 2.38. The number of Topliss-reactive ketones (excluding diaryl/α,β-unsaturated/α-hetero) is 1. The minimum Gasteiger partial charge on any atom is -0.363 e. The largest absolute Gasteiger partial charge is 0.363 e. The summed E-state index contributed by atoms with van der Waals surface area (Å²) in [5.74, 6) is 1.10. The predicted octanol–water partition coefficient (Wildman–Crippen LogP) is 6.35. The average molecular weight is 382 g/mol. The lowest BCUT2D eigenvalue weighted by Gasteiger charge is -2.38.